The zero-order chi connectivity index (χ0) is 16.5. The van der Waals surface area contributed by atoms with Gasteiger partial charge < -0.3 is 10.2 Å². The molecule has 1 aromatic rings. The number of carbonyl (C=O) groups is 2. The molecule has 1 rings (SSSR count). The zero-order valence-corrected chi connectivity index (χ0v) is 13.6. The number of nitrogens with zero attached hydrogens (tertiary/aromatic N) is 1. The van der Waals surface area contributed by atoms with Crippen molar-refractivity contribution in [2.45, 2.75) is 33.6 Å². The van der Waals surface area contributed by atoms with E-state index in [0.29, 0.717) is 25.4 Å². The predicted molar refractivity (Wildman–Crippen MR) is 84.8 cm³/mol. The summed E-state index contributed by atoms with van der Waals surface area (Å²) in [5.41, 5.74) is 0.938. The molecule has 0 aliphatic carbocycles. The maximum atomic E-state index is 12.8. The fourth-order valence-corrected chi connectivity index (χ4v) is 1.99. The van der Waals surface area contributed by atoms with Crippen LogP contribution in [0.3, 0.4) is 0 Å². The summed E-state index contributed by atoms with van der Waals surface area (Å²) in [6.07, 6.45) is 1.51. The van der Waals surface area contributed by atoms with Crippen molar-refractivity contribution < 1.29 is 14.0 Å². The molecule has 1 aromatic carbocycles. The van der Waals surface area contributed by atoms with Crippen LogP contribution in [0.5, 0.6) is 0 Å². The smallest absolute Gasteiger partial charge is 0.239 e. The van der Waals surface area contributed by atoms with Crippen LogP contribution in [0.25, 0.3) is 0 Å². The summed E-state index contributed by atoms with van der Waals surface area (Å²) in [4.78, 5) is 25.0. The summed E-state index contributed by atoms with van der Waals surface area (Å²) in [6.45, 7) is 6.77. The van der Waals surface area contributed by atoms with Crippen molar-refractivity contribution in [1.29, 1.82) is 0 Å². The lowest BCUT2D eigenvalue weighted by Crippen LogP contribution is -2.41. The van der Waals surface area contributed by atoms with Crippen LogP contribution in [-0.2, 0) is 16.0 Å². The summed E-state index contributed by atoms with van der Waals surface area (Å²) in [7, 11) is 0. The van der Waals surface area contributed by atoms with Crippen LogP contribution in [0.2, 0.25) is 0 Å². The third-order valence-corrected chi connectivity index (χ3v) is 3.41. The topological polar surface area (TPSA) is 49.4 Å². The Morgan fingerprint density at radius 2 is 1.86 bits per heavy atom. The number of nitrogens with one attached hydrogen (secondary N) is 1. The van der Waals surface area contributed by atoms with Gasteiger partial charge in [0, 0.05) is 20.0 Å². The van der Waals surface area contributed by atoms with E-state index >= 15 is 0 Å². The van der Waals surface area contributed by atoms with Crippen molar-refractivity contribution in [1.82, 2.24) is 10.2 Å². The quantitative estimate of drug-likeness (QED) is 0.801. The minimum absolute atomic E-state index is 0.0641. The molecule has 0 radical (unpaired) electrons. The highest BCUT2D eigenvalue weighted by Crippen LogP contribution is 2.05. The average molecular weight is 308 g/mol. The maximum Gasteiger partial charge on any atom is 0.239 e. The number of hydrogen-bond donors (Lipinski definition) is 1. The van der Waals surface area contributed by atoms with Crippen LogP contribution in [-0.4, -0.2) is 36.3 Å². The van der Waals surface area contributed by atoms with Crippen molar-refractivity contribution in [3.8, 4) is 0 Å². The molecule has 0 aliphatic heterocycles. The number of rotatable bonds is 8. The molecule has 0 aromatic heterocycles. The molecule has 0 saturated heterocycles. The van der Waals surface area contributed by atoms with Gasteiger partial charge >= 0.3 is 0 Å². The molecule has 2 amide bonds. The van der Waals surface area contributed by atoms with Crippen LogP contribution >= 0.6 is 0 Å². The largest absolute Gasteiger partial charge is 0.355 e. The molecule has 5 heteroatoms. The van der Waals surface area contributed by atoms with E-state index < -0.39 is 0 Å². The molecule has 4 nitrogen and oxygen atoms in total. The number of hydrogen-bond acceptors (Lipinski definition) is 2. The van der Waals surface area contributed by atoms with E-state index in [4.69, 9.17) is 0 Å². The first-order valence-corrected chi connectivity index (χ1v) is 7.65. The van der Waals surface area contributed by atoms with E-state index in [1.807, 2.05) is 0 Å². The fourth-order valence-electron chi connectivity index (χ4n) is 1.99. The molecule has 0 unspecified atom stereocenters. The van der Waals surface area contributed by atoms with Gasteiger partial charge in [0.05, 0.1) is 6.54 Å². The second-order valence-electron chi connectivity index (χ2n) is 5.85. The molecule has 0 spiro atoms. The van der Waals surface area contributed by atoms with Gasteiger partial charge in [-0.3, -0.25) is 9.59 Å². The maximum absolute atomic E-state index is 12.8. The molecule has 122 valence electrons. The standard InChI is InChI=1S/C17H25FN2O2/c1-13(2)8-10-19-17(22)12-20(14(3)21)11-9-15-4-6-16(18)7-5-15/h4-7,13H,8-12H2,1-3H3,(H,19,22). The van der Waals surface area contributed by atoms with E-state index in [-0.39, 0.29) is 24.2 Å². The summed E-state index contributed by atoms with van der Waals surface area (Å²) < 4.78 is 12.8. The van der Waals surface area contributed by atoms with Gasteiger partial charge in [0.1, 0.15) is 5.82 Å². The number of halogens is 1. The first-order chi connectivity index (χ1) is 10.4. The second-order valence-corrected chi connectivity index (χ2v) is 5.85. The average Bonchev–Trinajstić information content (AvgIpc) is 2.44. The summed E-state index contributed by atoms with van der Waals surface area (Å²) >= 11 is 0. The molecule has 0 heterocycles. The molecule has 1 N–H and O–H groups in total. The predicted octanol–water partition coefficient (Wildman–Crippen LogP) is 2.38. The van der Waals surface area contributed by atoms with Crippen LogP contribution in [0.1, 0.15) is 32.8 Å². The van der Waals surface area contributed by atoms with Crippen molar-refractivity contribution in [3.63, 3.8) is 0 Å². The molecule has 22 heavy (non-hydrogen) atoms. The van der Waals surface area contributed by atoms with Gasteiger partial charge in [-0.25, -0.2) is 4.39 Å². The molecule has 0 fully saturated rings. The van der Waals surface area contributed by atoms with Gasteiger partial charge in [0.25, 0.3) is 0 Å². The Labute approximate surface area is 131 Å². The SMILES string of the molecule is CC(=O)N(CCc1ccc(F)cc1)CC(=O)NCCC(C)C. The molecule has 0 bridgehead atoms. The van der Waals surface area contributed by atoms with Gasteiger partial charge in [0.2, 0.25) is 11.8 Å². The molecule has 0 saturated carbocycles. The Kier molecular flexibility index (Phi) is 7.57. The van der Waals surface area contributed by atoms with Crippen LogP contribution in [0.15, 0.2) is 24.3 Å². The lowest BCUT2D eigenvalue weighted by atomic mass is 10.1. The fraction of sp³-hybridized carbons (Fsp3) is 0.529. The summed E-state index contributed by atoms with van der Waals surface area (Å²) in [5, 5.41) is 2.82. The number of benzene rings is 1. The van der Waals surface area contributed by atoms with Gasteiger partial charge in [-0.1, -0.05) is 26.0 Å². The Morgan fingerprint density at radius 3 is 2.41 bits per heavy atom. The highest BCUT2D eigenvalue weighted by atomic mass is 19.1. The Balaban J connectivity index is 2.43. The zero-order valence-electron chi connectivity index (χ0n) is 13.6. The molecular weight excluding hydrogens is 283 g/mol. The van der Waals surface area contributed by atoms with Crippen LogP contribution in [0.4, 0.5) is 4.39 Å². The van der Waals surface area contributed by atoms with Crippen molar-refractivity contribution in [2.24, 2.45) is 5.92 Å². The van der Waals surface area contributed by atoms with E-state index in [9.17, 15) is 14.0 Å². The van der Waals surface area contributed by atoms with E-state index in [1.54, 1.807) is 12.1 Å². The van der Waals surface area contributed by atoms with Gasteiger partial charge in [-0.2, -0.15) is 0 Å². The summed E-state index contributed by atoms with van der Waals surface area (Å²) in [6, 6.07) is 6.17. The van der Waals surface area contributed by atoms with Crippen molar-refractivity contribution >= 4 is 11.8 Å². The molecular formula is C17H25FN2O2. The van der Waals surface area contributed by atoms with Crippen molar-refractivity contribution in [2.75, 3.05) is 19.6 Å². The lowest BCUT2D eigenvalue weighted by molar-refractivity contribution is -0.134. The lowest BCUT2D eigenvalue weighted by Gasteiger charge is -2.20. The third kappa shape index (κ3) is 7.20. The van der Waals surface area contributed by atoms with Crippen LogP contribution in [0, 0.1) is 11.7 Å². The van der Waals surface area contributed by atoms with E-state index in [1.165, 1.54) is 24.0 Å². The van der Waals surface area contributed by atoms with Crippen molar-refractivity contribution in [3.05, 3.63) is 35.6 Å². The van der Waals surface area contributed by atoms with E-state index in [0.717, 1.165) is 12.0 Å². The monoisotopic (exact) mass is 308 g/mol. The first kappa shape index (κ1) is 18.1. The number of amides is 2. The Morgan fingerprint density at radius 1 is 1.23 bits per heavy atom. The third-order valence-electron chi connectivity index (χ3n) is 3.41. The van der Waals surface area contributed by atoms with Gasteiger partial charge in [-0.15, -0.1) is 0 Å². The highest BCUT2D eigenvalue weighted by Gasteiger charge is 2.13. The summed E-state index contributed by atoms with van der Waals surface area (Å²) in [5.74, 6) is -0.0320. The van der Waals surface area contributed by atoms with Crippen LogP contribution < -0.4 is 5.32 Å². The Hall–Kier alpha value is -1.91. The first-order valence-electron chi connectivity index (χ1n) is 7.65. The minimum Gasteiger partial charge on any atom is -0.355 e. The van der Waals surface area contributed by atoms with Gasteiger partial charge in [0.15, 0.2) is 0 Å². The molecule has 0 atom stereocenters. The Bertz CT molecular complexity index is 486. The minimum atomic E-state index is -0.281. The normalized spacial score (nSPS) is 10.6. The second kappa shape index (κ2) is 9.18. The molecule has 0 aliphatic rings. The van der Waals surface area contributed by atoms with E-state index in [2.05, 4.69) is 19.2 Å². The number of carbonyl (C=O) groups excluding carboxylic acids is 2. The van der Waals surface area contributed by atoms with Gasteiger partial charge in [-0.05, 0) is 36.5 Å². The highest BCUT2D eigenvalue weighted by molar-refractivity contribution is 5.83.